The van der Waals surface area contributed by atoms with Crippen molar-refractivity contribution in [2.75, 3.05) is 19.6 Å². The molecule has 0 aromatic heterocycles. The Bertz CT molecular complexity index is 473. The standard InChI is InChI=1S/C15H21BrN2O2/c1-11(15(19)18-9-2-3-10-18)20-14-12(7-8-17)5-4-6-13(14)16/h4-6,11H,2-3,7-10,17H2,1H3. The van der Waals surface area contributed by atoms with Crippen LogP contribution >= 0.6 is 15.9 Å². The fraction of sp³-hybridized carbons (Fsp3) is 0.533. The van der Waals surface area contributed by atoms with E-state index >= 15 is 0 Å². The molecule has 1 fully saturated rings. The van der Waals surface area contributed by atoms with Crippen LogP contribution in [0.25, 0.3) is 0 Å². The van der Waals surface area contributed by atoms with Crippen molar-refractivity contribution in [2.24, 2.45) is 5.73 Å². The lowest BCUT2D eigenvalue weighted by Crippen LogP contribution is -2.38. The number of halogens is 1. The van der Waals surface area contributed by atoms with Gasteiger partial charge in [-0.05, 0) is 60.3 Å². The Labute approximate surface area is 128 Å². The molecule has 1 unspecified atom stereocenters. The summed E-state index contributed by atoms with van der Waals surface area (Å²) < 4.78 is 6.77. The van der Waals surface area contributed by atoms with Crippen molar-refractivity contribution in [1.82, 2.24) is 4.90 Å². The summed E-state index contributed by atoms with van der Waals surface area (Å²) in [6, 6.07) is 5.86. The second-order valence-corrected chi connectivity index (χ2v) is 5.91. The summed E-state index contributed by atoms with van der Waals surface area (Å²) in [5.74, 6) is 0.801. The molecule has 20 heavy (non-hydrogen) atoms. The van der Waals surface area contributed by atoms with Crippen molar-refractivity contribution in [2.45, 2.75) is 32.3 Å². The van der Waals surface area contributed by atoms with Crippen LogP contribution in [0.1, 0.15) is 25.3 Å². The lowest BCUT2D eigenvalue weighted by Gasteiger charge is -2.23. The van der Waals surface area contributed by atoms with Gasteiger partial charge in [-0.2, -0.15) is 0 Å². The predicted octanol–water partition coefficient (Wildman–Crippen LogP) is 2.34. The smallest absolute Gasteiger partial charge is 0.263 e. The monoisotopic (exact) mass is 340 g/mol. The van der Waals surface area contributed by atoms with Crippen LogP contribution in [0.2, 0.25) is 0 Å². The SMILES string of the molecule is CC(Oc1c(Br)cccc1CCN)C(=O)N1CCCC1. The summed E-state index contributed by atoms with van der Waals surface area (Å²) in [7, 11) is 0. The topological polar surface area (TPSA) is 55.6 Å². The third kappa shape index (κ3) is 3.52. The Morgan fingerprint density at radius 2 is 2.15 bits per heavy atom. The number of rotatable bonds is 5. The largest absolute Gasteiger partial charge is 0.479 e. The number of amides is 1. The van der Waals surface area contributed by atoms with Gasteiger partial charge < -0.3 is 15.4 Å². The first-order valence-corrected chi connectivity index (χ1v) is 7.85. The van der Waals surface area contributed by atoms with Crippen molar-refractivity contribution < 1.29 is 9.53 Å². The van der Waals surface area contributed by atoms with E-state index in [2.05, 4.69) is 15.9 Å². The molecule has 1 aliphatic rings. The highest BCUT2D eigenvalue weighted by Crippen LogP contribution is 2.30. The number of para-hydroxylation sites is 1. The number of carbonyl (C=O) groups excluding carboxylic acids is 1. The molecule has 2 N–H and O–H groups in total. The Balaban J connectivity index is 2.10. The van der Waals surface area contributed by atoms with Gasteiger partial charge in [0, 0.05) is 13.1 Å². The quantitative estimate of drug-likeness (QED) is 0.894. The first kappa shape index (κ1) is 15.3. The second kappa shape index (κ2) is 7.09. The van der Waals surface area contributed by atoms with Crippen LogP contribution in [0.4, 0.5) is 0 Å². The average Bonchev–Trinajstić information content (AvgIpc) is 2.96. The molecule has 0 bridgehead atoms. The molecule has 1 amide bonds. The summed E-state index contributed by atoms with van der Waals surface area (Å²) in [5, 5.41) is 0. The van der Waals surface area contributed by atoms with Crippen molar-refractivity contribution in [1.29, 1.82) is 0 Å². The molecule has 2 rings (SSSR count). The first-order valence-electron chi connectivity index (χ1n) is 7.06. The molecule has 1 saturated heterocycles. The third-order valence-electron chi connectivity index (χ3n) is 3.52. The highest BCUT2D eigenvalue weighted by Gasteiger charge is 2.25. The Hall–Kier alpha value is -1.07. The molecule has 5 heteroatoms. The van der Waals surface area contributed by atoms with Crippen molar-refractivity contribution in [3.8, 4) is 5.75 Å². The number of hydrogen-bond donors (Lipinski definition) is 1. The van der Waals surface area contributed by atoms with Crippen molar-refractivity contribution in [3.05, 3.63) is 28.2 Å². The van der Waals surface area contributed by atoms with Gasteiger partial charge >= 0.3 is 0 Å². The number of ether oxygens (including phenoxy) is 1. The van der Waals surface area contributed by atoms with Gasteiger partial charge in [0.25, 0.3) is 5.91 Å². The maximum absolute atomic E-state index is 12.3. The number of hydrogen-bond acceptors (Lipinski definition) is 3. The van der Waals surface area contributed by atoms with Crippen molar-refractivity contribution in [3.63, 3.8) is 0 Å². The fourth-order valence-corrected chi connectivity index (χ4v) is 2.96. The predicted molar refractivity (Wildman–Crippen MR) is 82.8 cm³/mol. The summed E-state index contributed by atoms with van der Waals surface area (Å²) in [6.45, 7) is 4.06. The molecule has 4 nitrogen and oxygen atoms in total. The van der Waals surface area contributed by atoms with Gasteiger partial charge in [0.2, 0.25) is 0 Å². The zero-order valence-corrected chi connectivity index (χ0v) is 13.4. The van der Waals surface area contributed by atoms with Gasteiger partial charge in [-0.3, -0.25) is 4.79 Å². The highest BCUT2D eigenvalue weighted by atomic mass is 79.9. The lowest BCUT2D eigenvalue weighted by molar-refractivity contribution is -0.136. The van der Waals surface area contributed by atoms with Crippen LogP contribution in [-0.4, -0.2) is 36.5 Å². The Morgan fingerprint density at radius 1 is 1.45 bits per heavy atom. The van der Waals surface area contributed by atoms with E-state index in [9.17, 15) is 4.79 Å². The maximum Gasteiger partial charge on any atom is 0.263 e. The van der Waals surface area contributed by atoms with E-state index in [0.717, 1.165) is 48.1 Å². The average molecular weight is 341 g/mol. The molecule has 1 atom stereocenters. The molecule has 1 heterocycles. The summed E-state index contributed by atoms with van der Waals surface area (Å²) in [6.07, 6.45) is 2.44. The van der Waals surface area contributed by atoms with Crippen LogP contribution in [0.3, 0.4) is 0 Å². The van der Waals surface area contributed by atoms with Crippen LogP contribution in [0.15, 0.2) is 22.7 Å². The molecule has 0 radical (unpaired) electrons. The molecule has 110 valence electrons. The van der Waals surface area contributed by atoms with Gasteiger partial charge in [-0.1, -0.05) is 12.1 Å². The molecule has 1 aromatic rings. The number of carbonyl (C=O) groups is 1. The molecular formula is C15H21BrN2O2. The summed E-state index contributed by atoms with van der Waals surface area (Å²) >= 11 is 3.49. The fourth-order valence-electron chi connectivity index (χ4n) is 2.46. The first-order chi connectivity index (χ1) is 9.63. The van der Waals surface area contributed by atoms with E-state index < -0.39 is 6.10 Å². The van der Waals surface area contributed by atoms with E-state index in [4.69, 9.17) is 10.5 Å². The summed E-state index contributed by atoms with van der Waals surface area (Å²) in [4.78, 5) is 14.2. The normalized spacial score (nSPS) is 16.2. The van der Waals surface area contributed by atoms with Gasteiger partial charge in [0.05, 0.1) is 4.47 Å². The van der Waals surface area contributed by atoms with E-state index in [1.807, 2.05) is 30.0 Å². The van der Waals surface area contributed by atoms with E-state index in [1.165, 1.54) is 0 Å². The van der Waals surface area contributed by atoms with Crippen LogP contribution in [-0.2, 0) is 11.2 Å². The van der Waals surface area contributed by atoms with Gasteiger partial charge in [-0.15, -0.1) is 0 Å². The zero-order valence-electron chi connectivity index (χ0n) is 11.8. The number of likely N-dealkylation sites (tertiary alicyclic amines) is 1. The second-order valence-electron chi connectivity index (χ2n) is 5.06. The minimum Gasteiger partial charge on any atom is -0.479 e. The van der Waals surface area contributed by atoms with E-state index in [1.54, 1.807) is 0 Å². The van der Waals surface area contributed by atoms with Crippen LogP contribution in [0, 0.1) is 0 Å². The molecule has 0 aliphatic carbocycles. The number of nitrogens with two attached hydrogens (primary N) is 1. The van der Waals surface area contributed by atoms with E-state index in [-0.39, 0.29) is 5.91 Å². The molecule has 0 spiro atoms. The highest BCUT2D eigenvalue weighted by molar-refractivity contribution is 9.10. The minimum atomic E-state index is -0.469. The van der Waals surface area contributed by atoms with Crippen molar-refractivity contribution >= 4 is 21.8 Å². The molecular weight excluding hydrogens is 320 g/mol. The van der Waals surface area contributed by atoms with E-state index in [0.29, 0.717) is 6.54 Å². The van der Waals surface area contributed by atoms with Crippen LogP contribution < -0.4 is 10.5 Å². The zero-order chi connectivity index (χ0) is 14.5. The Morgan fingerprint density at radius 3 is 2.80 bits per heavy atom. The summed E-state index contributed by atoms with van der Waals surface area (Å²) in [5.41, 5.74) is 6.65. The number of benzene rings is 1. The maximum atomic E-state index is 12.3. The third-order valence-corrected chi connectivity index (χ3v) is 4.15. The molecule has 0 saturated carbocycles. The van der Waals surface area contributed by atoms with Gasteiger partial charge in [0.15, 0.2) is 6.10 Å². The number of nitrogens with zero attached hydrogens (tertiary/aromatic N) is 1. The minimum absolute atomic E-state index is 0.0666. The Kier molecular flexibility index (Phi) is 5.43. The molecule has 1 aromatic carbocycles. The molecule has 1 aliphatic heterocycles. The lowest BCUT2D eigenvalue weighted by atomic mass is 10.1. The van der Waals surface area contributed by atoms with Crippen LogP contribution in [0.5, 0.6) is 5.75 Å². The van der Waals surface area contributed by atoms with Gasteiger partial charge in [-0.25, -0.2) is 0 Å². The van der Waals surface area contributed by atoms with Gasteiger partial charge in [0.1, 0.15) is 5.75 Å².